The van der Waals surface area contributed by atoms with Crippen molar-refractivity contribution in [1.29, 1.82) is 10.5 Å². The molecule has 0 spiro atoms. The van der Waals surface area contributed by atoms with Gasteiger partial charge in [0.2, 0.25) is 5.95 Å². The summed E-state index contributed by atoms with van der Waals surface area (Å²) in [6.07, 6.45) is 0. The lowest BCUT2D eigenvalue weighted by atomic mass is 10.1. The molecule has 0 aliphatic rings. The molecule has 0 bridgehead atoms. The second-order valence-corrected chi connectivity index (χ2v) is 4.10. The van der Waals surface area contributed by atoms with Gasteiger partial charge < -0.3 is 5.32 Å². The molecule has 0 amide bonds. The Morgan fingerprint density at radius 2 is 1.84 bits per heavy atom. The van der Waals surface area contributed by atoms with E-state index in [0.29, 0.717) is 22.9 Å². The Labute approximate surface area is 111 Å². The van der Waals surface area contributed by atoms with E-state index in [1.54, 1.807) is 25.1 Å². The molecule has 2 rings (SSSR count). The van der Waals surface area contributed by atoms with Gasteiger partial charge in [0, 0.05) is 11.4 Å². The lowest BCUT2D eigenvalue weighted by Gasteiger charge is -2.09. The Morgan fingerprint density at radius 3 is 2.53 bits per heavy atom. The zero-order chi connectivity index (χ0) is 13.8. The van der Waals surface area contributed by atoms with Gasteiger partial charge in [-0.1, -0.05) is 6.07 Å². The molecule has 5 nitrogen and oxygen atoms in total. The third kappa shape index (κ3) is 2.85. The average Bonchev–Trinajstić information content (AvgIpc) is 2.40. The third-order valence-corrected chi connectivity index (χ3v) is 2.58. The first kappa shape index (κ1) is 12.5. The summed E-state index contributed by atoms with van der Waals surface area (Å²) in [5.41, 5.74) is 3.31. The number of anilines is 2. The molecule has 1 heterocycles. The van der Waals surface area contributed by atoms with E-state index >= 15 is 0 Å². The van der Waals surface area contributed by atoms with Crippen LogP contribution >= 0.6 is 0 Å². The molecule has 1 aromatic heterocycles. The second kappa shape index (κ2) is 5.16. The molecule has 1 aromatic carbocycles. The Kier molecular flexibility index (Phi) is 3.40. The molecule has 0 atom stereocenters. The van der Waals surface area contributed by atoms with E-state index in [-0.39, 0.29) is 0 Å². The number of hydrogen-bond donors (Lipinski definition) is 1. The normalized spacial score (nSPS) is 9.47. The van der Waals surface area contributed by atoms with Crippen LogP contribution in [-0.2, 0) is 0 Å². The van der Waals surface area contributed by atoms with Crippen molar-refractivity contribution in [1.82, 2.24) is 9.97 Å². The fourth-order valence-electron chi connectivity index (χ4n) is 1.63. The zero-order valence-corrected chi connectivity index (χ0v) is 10.6. The Hall–Kier alpha value is -2.92. The average molecular weight is 249 g/mol. The zero-order valence-electron chi connectivity index (χ0n) is 10.6. The first-order chi connectivity index (χ1) is 9.12. The van der Waals surface area contributed by atoms with Crippen molar-refractivity contribution in [3.8, 4) is 12.1 Å². The molecule has 0 unspecified atom stereocenters. The highest BCUT2D eigenvalue weighted by atomic mass is 15.1. The van der Waals surface area contributed by atoms with Crippen LogP contribution in [0.15, 0.2) is 24.3 Å². The topological polar surface area (TPSA) is 85.4 Å². The third-order valence-electron chi connectivity index (χ3n) is 2.58. The van der Waals surface area contributed by atoms with E-state index in [1.165, 1.54) is 0 Å². The predicted molar refractivity (Wildman–Crippen MR) is 70.7 cm³/mol. The highest BCUT2D eigenvalue weighted by Crippen LogP contribution is 2.20. The maximum atomic E-state index is 8.89. The molecule has 2 aromatic rings. The number of hydrogen-bond acceptors (Lipinski definition) is 5. The predicted octanol–water partition coefficient (Wildman–Crippen LogP) is 2.58. The van der Waals surface area contributed by atoms with Gasteiger partial charge in [-0.05, 0) is 37.6 Å². The van der Waals surface area contributed by atoms with Crippen LogP contribution in [0.3, 0.4) is 0 Å². The van der Waals surface area contributed by atoms with Gasteiger partial charge in [0.15, 0.2) is 0 Å². The minimum atomic E-state index is 0.309. The molecule has 0 saturated heterocycles. The summed E-state index contributed by atoms with van der Waals surface area (Å²) in [7, 11) is 0. The maximum absolute atomic E-state index is 8.89. The molecule has 0 aliphatic heterocycles. The number of aromatic nitrogens is 2. The van der Waals surface area contributed by atoms with Crippen LogP contribution in [0.2, 0.25) is 0 Å². The van der Waals surface area contributed by atoms with E-state index in [1.807, 2.05) is 19.1 Å². The van der Waals surface area contributed by atoms with Crippen LogP contribution in [0.5, 0.6) is 0 Å². The fraction of sp³-hybridized carbons (Fsp3) is 0.143. The quantitative estimate of drug-likeness (QED) is 0.884. The van der Waals surface area contributed by atoms with Crippen LogP contribution in [-0.4, -0.2) is 9.97 Å². The van der Waals surface area contributed by atoms with Crippen LogP contribution in [0, 0.1) is 36.5 Å². The highest BCUT2D eigenvalue weighted by molar-refractivity contribution is 5.61. The largest absolute Gasteiger partial charge is 0.324 e. The van der Waals surface area contributed by atoms with Crippen molar-refractivity contribution >= 4 is 11.6 Å². The first-order valence-corrected chi connectivity index (χ1v) is 5.66. The molecule has 0 saturated carbocycles. The van der Waals surface area contributed by atoms with E-state index in [4.69, 9.17) is 10.5 Å². The molecule has 0 aliphatic carbocycles. The summed E-state index contributed by atoms with van der Waals surface area (Å²) < 4.78 is 0. The highest BCUT2D eigenvalue weighted by Gasteiger charge is 2.05. The minimum Gasteiger partial charge on any atom is -0.324 e. The van der Waals surface area contributed by atoms with Crippen molar-refractivity contribution in [3.63, 3.8) is 0 Å². The number of nitriles is 2. The maximum Gasteiger partial charge on any atom is 0.228 e. The van der Waals surface area contributed by atoms with Gasteiger partial charge in [-0.15, -0.1) is 0 Å². The van der Waals surface area contributed by atoms with Crippen LogP contribution in [0.1, 0.15) is 22.5 Å². The van der Waals surface area contributed by atoms with Gasteiger partial charge in [-0.3, -0.25) is 0 Å². The van der Waals surface area contributed by atoms with Gasteiger partial charge in [-0.2, -0.15) is 10.5 Å². The molecule has 19 heavy (non-hydrogen) atoms. The van der Waals surface area contributed by atoms with Crippen molar-refractivity contribution in [2.75, 3.05) is 5.32 Å². The number of nitrogens with one attached hydrogen (secondary N) is 1. The number of nitrogens with zero attached hydrogens (tertiary/aromatic N) is 4. The van der Waals surface area contributed by atoms with E-state index < -0.39 is 0 Å². The lowest BCUT2D eigenvalue weighted by molar-refractivity contribution is 1.08. The van der Waals surface area contributed by atoms with Crippen molar-refractivity contribution in [3.05, 3.63) is 46.8 Å². The molecule has 1 N–H and O–H groups in total. The number of benzene rings is 1. The SMILES string of the molecule is Cc1cc(C#N)nc(Nc2cc(C#N)ccc2C)n1. The minimum absolute atomic E-state index is 0.309. The number of aryl methyl sites for hydroxylation is 2. The molecule has 0 radical (unpaired) electrons. The number of rotatable bonds is 2. The lowest BCUT2D eigenvalue weighted by Crippen LogP contribution is -2.01. The first-order valence-electron chi connectivity index (χ1n) is 5.66. The summed E-state index contributed by atoms with van der Waals surface area (Å²) in [5, 5.41) is 20.8. The molecule has 0 fully saturated rings. The van der Waals surface area contributed by atoms with E-state index in [2.05, 4.69) is 21.4 Å². The van der Waals surface area contributed by atoms with Crippen molar-refractivity contribution < 1.29 is 0 Å². The smallest absolute Gasteiger partial charge is 0.228 e. The van der Waals surface area contributed by atoms with Crippen LogP contribution in [0.25, 0.3) is 0 Å². The van der Waals surface area contributed by atoms with Crippen LogP contribution < -0.4 is 5.32 Å². The van der Waals surface area contributed by atoms with Crippen molar-refractivity contribution in [2.24, 2.45) is 0 Å². The van der Waals surface area contributed by atoms with Gasteiger partial charge in [0.05, 0.1) is 11.6 Å². The monoisotopic (exact) mass is 249 g/mol. The van der Waals surface area contributed by atoms with Gasteiger partial charge in [-0.25, -0.2) is 9.97 Å². The summed E-state index contributed by atoms with van der Waals surface area (Å²) >= 11 is 0. The Morgan fingerprint density at radius 1 is 1.05 bits per heavy atom. The summed E-state index contributed by atoms with van der Waals surface area (Å²) in [6.45, 7) is 3.72. The van der Waals surface area contributed by atoms with Crippen LogP contribution in [0.4, 0.5) is 11.6 Å². The molecule has 5 heteroatoms. The molecule has 92 valence electrons. The molecular formula is C14H11N5. The van der Waals surface area contributed by atoms with Gasteiger partial charge in [0.25, 0.3) is 0 Å². The Bertz CT molecular complexity index is 707. The van der Waals surface area contributed by atoms with Gasteiger partial charge in [0.1, 0.15) is 11.8 Å². The summed E-state index contributed by atoms with van der Waals surface area (Å²) in [4.78, 5) is 8.30. The fourth-order valence-corrected chi connectivity index (χ4v) is 1.63. The molecular weight excluding hydrogens is 238 g/mol. The van der Waals surface area contributed by atoms with Crippen molar-refractivity contribution in [2.45, 2.75) is 13.8 Å². The standard InChI is InChI=1S/C14H11N5/c1-9-3-4-11(7-15)6-13(9)19-14-17-10(2)5-12(8-16)18-14/h3-6H,1-2H3,(H,17,18,19). The Balaban J connectivity index is 2.39. The van der Waals surface area contributed by atoms with E-state index in [9.17, 15) is 0 Å². The summed E-state index contributed by atoms with van der Waals surface area (Å²) in [6, 6.07) is 11.0. The van der Waals surface area contributed by atoms with E-state index in [0.717, 1.165) is 11.3 Å². The van der Waals surface area contributed by atoms with Gasteiger partial charge >= 0.3 is 0 Å². The second-order valence-electron chi connectivity index (χ2n) is 4.10. The summed E-state index contributed by atoms with van der Waals surface area (Å²) in [5.74, 6) is 0.356.